The van der Waals surface area contributed by atoms with E-state index in [1.807, 2.05) is 32.9 Å². The van der Waals surface area contributed by atoms with Crippen LogP contribution in [0.1, 0.15) is 63.1 Å². The molecule has 1 aliphatic carbocycles. The SMILES string of the molecule is CCNCC.Cc1ccc(C(C2=C(O)CC(C)(C)CC2=O)c2c(O)[nH]c(=O)[nH]c2=O)cc1. The van der Waals surface area contributed by atoms with Gasteiger partial charge in [0.1, 0.15) is 5.76 Å². The molecular weight excluding hydrogens is 410 g/mol. The van der Waals surface area contributed by atoms with Gasteiger partial charge in [-0.1, -0.05) is 57.5 Å². The molecule has 0 bridgehead atoms. The fourth-order valence-corrected chi connectivity index (χ4v) is 3.87. The lowest BCUT2D eigenvalue weighted by Gasteiger charge is -2.32. The van der Waals surface area contributed by atoms with E-state index in [-0.39, 0.29) is 35.5 Å². The van der Waals surface area contributed by atoms with Crippen LogP contribution in [-0.4, -0.2) is 39.1 Å². The second-order valence-electron chi connectivity index (χ2n) is 8.77. The van der Waals surface area contributed by atoms with Gasteiger partial charge in [0.2, 0.25) is 5.88 Å². The van der Waals surface area contributed by atoms with Crippen LogP contribution in [0.25, 0.3) is 0 Å². The summed E-state index contributed by atoms with van der Waals surface area (Å²) in [7, 11) is 0. The van der Waals surface area contributed by atoms with Crippen molar-refractivity contribution in [3.63, 3.8) is 0 Å². The van der Waals surface area contributed by atoms with Crippen LogP contribution < -0.4 is 16.6 Å². The summed E-state index contributed by atoms with van der Waals surface area (Å²) in [4.78, 5) is 41.1. The van der Waals surface area contributed by atoms with E-state index in [1.165, 1.54) is 0 Å². The van der Waals surface area contributed by atoms with Crippen LogP contribution in [-0.2, 0) is 4.79 Å². The third-order valence-corrected chi connectivity index (χ3v) is 5.34. The van der Waals surface area contributed by atoms with Crippen molar-refractivity contribution < 1.29 is 15.0 Å². The predicted molar refractivity (Wildman–Crippen MR) is 124 cm³/mol. The Morgan fingerprint density at radius 2 is 1.59 bits per heavy atom. The minimum atomic E-state index is -0.991. The molecule has 32 heavy (non-hydrogen) atoms. The van der Waals surface area contributed by atoms with Gasteiger partial charge < -0.3 is 15.5 Å². The Hall–Kier alpha value is -3.13. The van der Waals surface area contributed by atoms with Gasteiger partial charge in [-0.3, -0.25) is 19.6 Å². The number of aliphatic hydroxyl groups is 1. The van der Waals surface area contributed by atoms with Crippen molar-refractivity contribution in [1.82, 2.24) is 15.3 Å². The van der Waals surface area contributed by atoms with Crippen LogP contribution in [0.2, 0.25) is 0 Å². The number of hydrogen-bond acceptors (Lipinski definition) is 6. The van der Waals surface area contributed by atoms with E-state index in [0.717, 1.165) is 18.7 Å². The molecule has 174 valence electrons. The van der Waals surface area contributed by atoms with Gasteiger partial charge in [0.15, 0.2) is 5.78 Å². The number of Topliss-reactive ketones (excluding diaryl/α,β-unsaturated/α-hetero) is 1. The molecule has 0 saturated heterocycles. The number of nitrogens with one attached hydrogen (secondary N) is 3. The smallest absolute Gasteiger partial charge is 0.328 e. The largest absolute Gasteiger partial charge is 0.512 e. The van der Waals surface area contributed by atoms with Gasteiger partial charge in [0.05, 0.1) is 11.5 Å². The average molecular weight is 444 g/mol. The van der Waals surface area contributed by atoms with E-state index in [9.17, 15) is 24.6 Å². The molecule has 1 aromatic heterocycles. The lowest BCUT2D eigenvalue weighted by molar-refractivity contribution is -0.118. The van der Waals surface area contributed by atoms with Gasteiger partial charge in [-0.05, 0) is 31.0 Å². The third kappa shape index (κ3) is 5.97. The summed E-state index contributed by atoms with van der Waals surface area (Å²) in [6.45, 7) is 12.0. The van der Waals surface area contributed by atoms with E-state index in [1.54, 1.807) is 12.1 Å². The molecule has 2 aromatic rings. The normalized spacial score (nSPS) is 16.3. The molecule has 5 N–H and O–H groups in total. The number of benzene rings is 1. The first kappa shape index (κ1) is 25.1. The van der Waals surface area contributed by atoms with E-state index in [2.05, 4.69) is 29.1 Å². The quantitative estimate of drug-likeness (QED) is 0.482. The van der Waals surface area contributed by atoms with Gasteiger partial charge in [-0.25, -0.2) is 4.79 Å². The van der Waals surface area contributed by atoms with Crippen molar-refractivity contribution in [2.45, 2.75) is 53.4 Å². The van der Waals surface area contributed by atoms with Crippen molar-refractivity contribution in [3.8, 4) is 5.88 Å². The average Bonchev–Trinajstić information content (AvgIpc) is 2.66. The molecule has 0 amide bonds. The molecule has 1 heterocycles. The maximum absolute atomic E-state index is 12.9. The Morgan fingerprint density at radius 1 is 1.00 bits per heavy atom. The highest BCUT2D eigenvalue weighted by atomic mass is 16.3. The Kier molecular flexibility index (Phi) is 8.21. The number of H-pyrrole nitrogens is 2. The third-order valence-electron chi connectivity index (χ3n) is 5.34. The van der Waals surface area contributed by atoms with Gasteiger partial charge in [0, 0.05) is 18.4 Å². The van der Waals surface area contributed by atoms with Crippen LogP contribution in [0.3, 0.4) is 0 Å². The summed E-state index contributed by atoms with van der Waals surface area (Å²) >= 11 is 0. The van der Waals surface area contributed by atoms with Crippen molar-refractivity contribution in [2.75, 3.05) is 13.1 Å². The molecule has 3 rings (SSSR count). The zero-order valence-corrected chi connectivity index (χ0v) is 19.3. The summed E-state index contributed by atoms with van der Waals surface area (Å²) in [5.74, 6) is -2.01. The van der Waals surface area contributed by atoms with E-state index >= 15 is 0 Å². The van der Waals surface area contributed by atoms with Gasteiger partial charge in [-0.15, -0.1) is 0 Å². The number of allylic oxidation sites excluding steroid dienone is 2. The molecule has 8 nitrogen and oxygen atoms in total. The minimum absolute atomic E-state index is 0.0750. The van der Waals surface area contributed by atoms with Crippen molar-refractivity contribution in [3.05, 3.63) is 73.1 Å². The number of aromatic hydroxyl groups is 1. The number of rotatable bonds is 5. The molecule has 0 spiro atoms. The Bertz CT molecular complexity index is 1090. The number of carbonyl (C=O) groups is 1. The first-order chi connectivity index (χ1) is 15.0. The summed E-state index contributed by atoms with van der Waals surface area (Å²) in [5, 5.41) is 24.0. The molecule has 1 aromatic carbocycles. The fraction of sp³-hybridized carbons (Fsp3) is 0.458. The number of hydrogen-bond donors (Lipinski definition) is 5. The fourth-order valence-electron chi connectivity index (χ4n) is 3.87. The van der Waals surface area contributed by atoms with Gasteiger partial charge in [-0.2, -0.15) is 0 Å². The van der Waals surface area contributed by atoms with E-state index < -0.39 is 28.5 Å². The number of ketones is 1. The van der Waals surface area contributed by atoms with Crippen molar-refractivity contribution in [1.29, 1.82) is 0 Å². The topological polar surface area (TPSA) is 135 Å². The zero-order chi connectivity index (χ0) is 24.1. The van der Waals surface area contributed by atoms with Crippen LogP contribution >= 0.6 is 0 Å². The maximum Gasteiger partial charge on any atom is 0.328 e. The molecule has 1 aliphatic rings. The second kappa shape index (κ2) is 10.5. The Balaban J connectivity index is 0.000000654. The van der Waals surface area contributed by atoms with Gasteiger partial charge >= 0.3 is 5.69 Å². The molecule has 0 aliphatic heterocycles. The highest BCUT2D eigenvalue weighted by molar-refractivity contribution is 5.99. The first-order valence-corrected chi connectivity index (χ1v) is 10.8. The van der Waals surface area contributed by atoms with Crippen molar-refractivity contribution in [2.24, 2.45) is 5.41 Å². The maximum atomic E-state index is 12.9. The Morgan fingerprint density at radius 3 is 2.06 bits per heavy atom. The lowest BCUT2D eigenvalue weighted by atomic mass is 9.71. The summed E-state index contributed by atoms with van der Waals surface area (Å²) in [6.07, 6.45) is 0.481. The van der Waals surface area contributed by atoms with Crippen LogP contribution in [0, 0.1) is 12.3 Å². The number of aromatic nitrogens is 2. The predicted octanol–water partition coefficient (Wildman–Crippen LogP) is 3.03. The Labute approximate surface area is 187 Å². The molecule has 0 fully saturated rings. The number of aromatic amines is 2. The summed E-state index contributed by atoms with van der Waals surface area (Å²) < 4.78 is 0. The minimum Gasteiger partial charge on any atom is -0.512 e. The summed E-state index contributed by atoms with van der Waals surface area (Å²) in [6, 6.07) is 7.09. The first-order valence-electron chi connectivity index (χ1n) is 10.8. The zero-order valence-electron chi connectivity index (χ0n) is 19.3. The lowest BCUT2D eigenvalue weighted by Crippen LogP contribution is -2.32. The van der Waals surface area contributed by atoms with Crippen molar-refractivity contribution >= 4 is 5.78 Å². The number of carbonyl (C=O) groups excluding carboxylic acids is 1. The molecule has 1 atom stereocenters. The monoisotopic (exact) mass is 443 g/mol. The second-order valence-corrected chi connectivity index (χ2v) is 8.77. The van der Waals surface area contributed by atoms with E-state index in [4.69, 9.17) is 0 Å². The van der Waals surface area contributed by atoms with Gasteiger partial charge in [0.25, 0.3) is 5.56 Å². The highest BCUT2D eigenvalue weighted by Gasteiger charge is 2.39. The molecule has 8 heteroatoms. The highest BCUT2D eigenvalue weighted by Crippen LogP contribution is 2.43. The number of aryl methyl sites for hydroxylation is 1. The van der Waals surface area contributed by atoms with Crippen LogP contribution in [0.15, 0.2) is 45.2 Å². The summed E-state index contributed by atoms with van der Waals surface area (Å²) in [5.41, 5.74) is -0.617. The van der Waals surface area contributed by atoms with Crippen LogP contribution in [0.5, 0.6) is 5.88 Å². The van der Waals surface area contributed by atoms with Crippen LogP contribution in [0.4, 0.5) is 0 Å². The molecular formula is C24H33N3O5. The number of aliphatic hydroxyl groups excluding tert-OH is 1. The standard InChI is InChI=1S/C20H22N2O5.C4H11N/c1-10-4-6-11(7-5-10)14(16-17(25)21-19(27)22-18(16)26)15-12(23)8-20(2,3)9-13(15)24;1-3-5-4-2/h4-7,14,23H,8-9H2,1-3H3,(H3,21,22,25,26,27);5H,3-4H2,1-2H3. The molecule has 0 radical (unpaired) electrons. The molecule has 0 saturated carbocycles. The molecule has 1 unspecified atom stereocenters. The van der Waals surface area contributed by atoms with E-state index in [0.29, 0.717) is 5.56 Å².